The van der Waals surface area contributed by atoms with Crippen LogP contribution >= 0.6 is 11.6 Å². The molecule has 1 atom stereocenters. The van der Waals surface area contributed by atoms with E-state index in [1.807, 2.05) is 45.2 Å². The molecule has 0 aromatic heterocycles. The zero-order valence-electron chi connectivity index (χ0n) is 11.5. The predicted octanol–water partition coefficient (Wildman–Crippen LogP) is 2.78. The molecule has 1 amide bonds. The number of carbonyl (C=O) groups excluding carboxylic acids is 1. The number of carbonyl (C=O) groups is 1. The van der Waals surface area contributed by atoms with Crippen molar-refractivity contribution in [2.45, 2.75) is 19.9 Å². The molecule has 3 nitrogen and oxygen atoms in total. The van der Waals surface area contributed by atoms with Crippen molar-refractivity contribution in [3.63, 3.8) is 0 Å². The molecule has 1 heterocycles. The molecular weight excluding hydrogens is 260 g/mol. The molecule has 1 fully saturated rings. The highest BCUT2D eigenvalue weighted by molar-refractivity contribution is 6.30. The Morgan fingerprint density at radius 3 is 2.63 bits per heavy atom. The van der Waals surface area contributed by atoms with Gasteiger partial charge in [-0.25, -0.2) is 0 Å². The maximum atomic E-state index is 12.4. The molecular formula is C15H19ClN2O. The number of hydrogen-bond donors (Lipinski definition) is 1. The Hall–Kier alpha value is -1.32. The van der Waals surface area contributed by atoms with Gasteiger partial charge in [0, 0.05) is 30.7 Å². The molecule has 1 aromatic carbocycles. The standard InChI is InChI=1S/C15H19ClN2O/c1-10(13-8-17-9-13)15(19)18(3)11(2)12-5-4-6-14(16)7-12/h4-7,11,17H,8-9H2,1-3H3. The molecule has 0 aliphatic carbocycles. The van der Waals surface area contributed by atoms with Crippen molar-refractivity contribution >= 4 is 17.5 Å². The average Bonchev–Trinajstić information content (AvgIpc) is 2.34. The fourth-order valence-electron chi connectivity index (χ4n) is 2.10. The second-order valence-corrected chi connectivity index (χ2v) is 5.42. The minimum atomic E-state index is 0.00906. The van der Waals surface area contributed by atoms with Gasteiger partial charge >= 0.3 is 0 Å². The molecule has 102 valence electrons. The first-order valence-corrected chi connectivity index (χ1v) is 6.80. The van der Waals surface area contributed by atoms with Crippen molar-refractivity contribution in [3.8, 4) is 0 Å². The van der Waals surface area contributed by atoms with E-state index in [2.05, 4.69) is 5.32 Å². The summed E-state index contributed by atoms with van der Waals surface area (Å²) in [6.45, 7) is 5.58. The first-order chi connectivity index (χ1) is 9.00. The lowest BCUT2D eigenvalue weighted by Crippen LogP contribution is -2.38. The number of rotatable bonds is 3. The van der Waals surface area contributed by atoms with Crippen LogP contribution in [-0.2, 0) is 4.79 Å². The van der Waals surface area contributed by atoms with Gasteiger partial charge in [-0.2, -0.15) is 0 Å². The molecule has 2 rings (SSSR count). The third-order valence-corrected chi connectivity index (χ3v) is 4.00. The van der Waals surface area contributed by atoms with Gasteiger partial charge in [0.2, 0.25) is 5.91 Å². The molecule has 4 heteroatoms. The van der Waals surface area contributed by atoms with E-state index in [1.165, 1.54) is 5.57 Å². The molecule has 0 spiro atoms. The maximum absolute atomic E-state index is 12.4. The Labute approximate surface area is 119 Å². The Balaban J connectivity index is 2.15. The van der Waals surface area contributed by atoms with Crippen LogP contribution in [0.1, 0.15) is 25.5 Å². The summed E-state index contributed by atoms with van der Waals surface area (Å²) in [5.41, 5.74) is 3.11. The predicted molar refractivity (Wildman–Crippen MR) is 78.2 cm³/mol. The number of amides is 1. The van der Waals surface area contributed by atoms with Crippen LogP contribution in [0.3, 0.4) is 0 Å². The maximum Gasteiger partial charge on any atom is 0.249 e. The SMILES string of the molecule is CC(C(=O)N(C)C(C)c1cccc(Cl)c1)=C1CNC1. The highest BCUT2D eigenvalue weighted by atomic mass is 35.5. The fourth-order valence-corrected chi connectivity index (χ4v) is 2.30. The summed E-state index contributed by atoms with van der Waals surface area (Å²) < 4.78 is 0. The number of likely N-dealkylation sites (N-methyl/N-ethyl adjacent to an activating group) is 1. The van der Waals surface area contributed by atoms with Gasteiger partial charge in [-0.3, -0.25) is 4.79 Å². The molecule has 1 saturated heterocycles. The molecule has 0 saturated carbocycles. The summed E-state index contributed by atoms with van der Waals surface area (Å²) in [4.78, 5) is 14.2. The smallest absolute Gasteiger partial charge is 0.249 e. The van der Waals surface area contributed by atoms with Gasteiger partial charge in [-0.05, 0) is 37.1 Å². The topological polar surface area (TPSA) is 32.3 Å². The fraction of sp³-hybridized carbons (Fsp3) is 0.400. The van der Waals surface area contributed by atoms with Gasteiger partial charge in [0.25, 0.3) is 0 Å². The van der Waals surface area contributed by atoms with Gasteiger partial charge in [0.1, 0.15) is 0 Å². The zero-order valence-corrected chi connectivity index (χ0v) is 12.3. The van der Waals surface area contributed by atoms with E-state index < -0.39 is 0 Å². The highest BCUT2D eigenvalue weighted by Gasteiger charge is 2.22. The lowest BCUT2D eigenvalue weighted by molar-refractivity contribution is -0.127. The van der Waals surface area contributed by atoms with Gasteiger partial charge in [0.05, 0.1) is 6.04 Å². The van der Waals surface area contributed by atoms with Crippen LogP contribution in [-0.4, -0.2) is 30.9 Å². The Kier molecular flexibility index (Phi) is 4.27. The first kappa shape index (κ1) is 14.1. The molecule has 0 radical (unpaired) electrons. The molecule has 1 aliphatic heterocycles. The second-order valence-electron chi connectivity index (χ2n) is 4.98. The number of nitrogens with zero attached hydrogens (tertiary/aromatic N) is 1. The first-order valence-electron chi connectivity index (χ1n) is 6.42. The van der Waals surface area contributed by atoms with Crippen LogP contribution in [0.5, 0.6) is 0 Å². The van der Waals surface area contributed by atoms with Gasteiger partial charge in [-0.15, -0.1) is 0 Å². The Morgan fingerprint density at radius 2 is 2.11 bits per heavy atom. The molecule has 19 heavy (non-hydrogen) atoms. The van der Waals surface area contributed by atoms with Crippen LogP contribution in [0.15, 0.2) is 35.4 Å². The molecule has 1 unspecified atom stereocenters. The van der Waals surface area contributed by atoms with Gasteiger partial charge in [-0.1, -0.05) is 23.7 Å². The number of halogens is 1. The van der Waals surface area contributed by atoms with E-state index in [4.69, 9.17) is 11.6 Å². The van der Waals surface area contributed by atoms with Crippen molar-refractivity contribution < 1.29 is 4.79 Å². The lowest BCUT2D eigenvalue weighted by Gasteiger charge is -2.29. The van der Waals surface area contributed by atoms with E-state index in [1.54, 1.807) is 4.90 Å². The van der Waals surface area contributed by atoms with Crippen LogP contribution in [0.25, 0.3) is 0 Å². The van der Waals surface area contributed by atoms with Gasteiger partial charge < -0.3 is 10.2 Å². The third-order valence-electron chi connectivity index (χ3n) is 3.76. The van der Waals surface area contributed by atoms with Crippen molar-refractivity contribution in [3.05, 3.63) is 46.0 Å². The summed E-state index contributed by atoms with van der Waals surface area (Å²) in [6.07, 6.45) is 0. The molecule has 0 bridgehead atoms. The molecule has 1 N–H and O–H groups in total. The number of benzene rings is 1. The van der Waals surface area contributed by atoms with Crippen LogP contribution in [0.2, 0.25) is 5.02 Å². The lowest BCUT2D eigenvalue weighted by atomic mass is 10.0. The van der Waals surface area contributed by atoms with E-state index in [0.717, 1.165) is 24.2 Å². The summed E-state index contributed by atoms with van der Waals surface area (Å²) in [5.74, 6) is 0.0870. The Morgan fingerprint density at radius 1 is 1.42 bits per heavy atom. The van der Waals surface area contributed by atoms with Crippen molar-refractivity contribution in [2.75, 3.05) is 20.1 Å². The van der Waals surface area contributed by atoms with Crippen LogP contribution < -0.4 is 5.32 Å². The van der Waals surface area contributed by atoms with Gasteiger partial charge in [0.15, 0.2) is 0 Å². The normalized spacial score (nSPS) is 15.7. The summed E-state index contributed by atoms with van der Waals surface area (Å²) in [7, 11) is 1.84. The van der Waals surface area contributed by atoms with E-state index in [0.29, 0.717) is 5.02 Å². The number of nitrogens with one attached hydrogen (secondary N) is 1. The third kappa shape index (κ3) is 2.99. The summed E-state index contributed by atoms with van der Waals surface area (Å²) in [5, 5.41) is 3.86. The number of hydrogen-bond acceptors (Lipinski definition) is 2. The summed E-state index contributed by atoms with van der Waals surface area (Å²) >= 11 is 6.00. The van der Waals surface area contributed by atoms with Crippen molar-refractivity contribution in [1.29, 1.82) is 0 Å². The average molecular weight is 279 g/mol. The minimum Gasteiger partial charge on any atom is -0.335 e. The monoisotopic (exact) mass is 278 g/mol. The zero-order chi connectivity index (χ0) is 14.0. The minimum absolute atomic E-state index is 0.00906. The van der Waals surface area contributed by atoms with E-state index in [9.17, 15) is 4.79 Å². The van der Waals surface area contributed by atoms with E-state index >= 15 is 0 Å². The Bertz CT molecular complexity index is 519. The summed E-state index contributed by atoms with van der Waals surface area (Å²) in [6, 6.07) is 7.66. The van der Waals surface area contributed by atoms with Crippen molar-refractivity contribution in [1.82, 2.24) is 10.2 Å². The van der Waals surface area contributed by atoms with Crippen LogP contribution in [0.4, 0.5) is 0 Å². The largest absolute Gasteiger partial charge is 0.335 e. The quantitative estimate of drug-likeness (QED) is 0.863. The highest BCUT2D eigenvalue weighted by Crippen LogP contribution is 2.24. The van der Waals surface area contributed by atoms with E-state index in [-0.39, 0.29) is 11.9 Å². The van der Waals surface area contributed by atoms with Crippen molar-refractivity contribution in [2.24, 2.45) is 0 Å². The molecule has 1 aliphatic rings. The molecule has 1 aromatic rings. The van der Waals surface area contributed by atoms with Crippen LogP contribution in [0, 0.1) is 0 Å². The second kappa shape index (κ2) is 5.76.